The largest absolute Gasteiger partial charge is 0.437 e. The van der Waals surface area contributed by atoms with E-state index in [1.165, 1.54) is 0 Å². The zero-order valence-electron chi connectivity index (χ0n) is 18.2. The molecule has 1 fully saturated rings. The molecule has 1 aliphatic carbocycles. The van der Waals surface area contributed by atoms with E-state index in [0.29, 0.717) is 11.1 Å². The Bertz CT molecular complexity index is 1310. The van der Waals surface area contributed by atoms with Gasteiger partial charge in [0.15, 0.2) is 5.69 Å². The van der Waals surface area contributed by atoms with Gasteiger partial charge in [-0.15, -0.1) is 0 Å². The highest BCUT2D eigenvalue weighted by molar-refractivity contribution is 6.02. The third kappa shape index (κ3) is 3.91. The minimum Gasteiger partial charge on any atom is -0.437 e. The van der Waals surface area contributed by atoms with Gasteiger partial charge >= 0.3 is 6.18 Å². The molecule has 0 unspecified atom stereocenters. The van der Waals surface area contributed by atoms with Gasteiger partial charge in [0.2, 0.25) is 11.7 Å². The molecule has 1 saturated carbocycles. The first-order valence-electron chi connectivity index (χ1n) is 11.0. The second kappa shape index (κ2) is 8.41. The molecule has 0 atom stereocenters. The zero-order valence-corrected chi connectivity index (χ0v) is 18.2. The van der Waals surface area contributed by atoms with Crippen LogP contribution in [0.25, 0.3) is 33.6 Å². The van der Waals surface area contributed by atoms with Gasteiger partial charge in [-0.2, -0.15) is 18.2 Å². The first-order valence-corrected chi connectivity index (χ1v) is 11.0. The van der Waals surface area contributed by atoms with Crippen molar-refractivity contribution in [2.45, 2.75) is 31.0 Å². The van der Waals surface area contributed by atoms with Crippen LogP contribution in [0.1, 0.15) is 30.5 Å². The van der Waals surface area contributed by atoms with E-state index >= 15 is 0 Å². The van der Waals surface area contributed by atoms with Crippen molar-refractivity contribution in [2.24, 2.45) is 5.73 Å². The Morgan fingerprint density at radius 1 is 1.00 bits per heavy atom. The highest BCUT2D eigenvalue weighted by Crippen LogP contribution is 2.46. The average Bonchev–Trinajstić information content (AvgIpc) is 3.20. The summed E-state index contributed by atoms with van der Waals surface area (Å²) in [5, 5.41) is 11.4. The number of alkyl halides is 3. The van der Waals surface area contributed by atoms with E-state index in [1.807, 2.05) is 24.3 Å². The number of aliphatic hydroxyl groups excluding tert-OH is 1. The van der Waals surface area contributed by atoms with Crippen molar-refractivity contribution in [3.63, 3.8) is 0 Å². The smallest absolute Gasteiger partial charge is 0.434 e. The summed E-state index contributed by atoms with van der Waals surface area (Å²) in [6.45, 7) is -0.277. The Balaban J connectivity index is 1.74. The molecule has 5 rings (SSSR count). The van der Waals surface area contributed by atoms with Crippen LogP contribution in [0.4, 0.5) is 19.1 Å². The predicted octanol–water partition coefficient (Wildman–Crippen LogP) is 5.32. The van der Waals surface area contributed by atoms with Crippen LogP contribution in [-0.2, 0) is 11.7 Å². The summed E-state index contributed by atoms with van der Waals surface area (Å²) in [5.74, 6) is 0.00531. The van der Waals surface area contributed by atoms with E-state index < -0.39 is 11.9 Å². The summed E-state index contributed by atoms with van der Waals surface area (Å²) in [7, 11) is 0. The van der Waals surface area contributed by atoms with Gasteiger partial charge < -0.3 is 20.6 Å². The normalized spacial score (nSPS) is 15.3. The molecule has 2 heterocycles. The van der Waals surface area contributed by atoms with Crippen LogP contribution >= 0.6 is 0 Å². The summed E-state index contributed by atoms with van der Waals surface area (Å²) in [6.07, 6.45) is -1.87. The van der Waals surface area contributed by atoms with Crippen LogP contribution in [0.5, 0.6) is 0 Å². The minimum atomic E-state index is -4.75. The number of fused-ring (bicyclic) bond motifs is 1. The van der Waals surface area contributed by atoms with Gasteiger partial charge in [-0.3, -0.25) is 0 Å². The van der Waals surface area contributed by atoms with Gasteiger partial charge in [-0.25, -0.2) is 4.98 Å². The second-order valence-corrected chi connectivity index (χ2v) is 8.48. The van der Waals surface area contributed by atoms with Crippen LogP contribution in [0.3, 0.4) is 0 Å². The molecule has 0 saturated heterocycles. The van der Waals surface area contributed by atoms with Crippen LogP contribution in [0, 0.1) is 0 Å². The fraction of sp³-hybridized carbons (Fsp3) is 0.280. The van der Waals surface area contributed by atoms with Crippen molar-refractivity contribution in [2.75, 3.05) is 18.5 Å². The Kier molecular flexibility index (Phi) is 5.53. The number of aliphatic hydroxyl groups is 1. The number of anilines is 1. The third-order valence-corrected chi connectivity index (χ3v) is 6.25. The fourth-order valence-corrected chi connectivity index (χ4v) is 4.34. The van der Waals surface area contributed by atoms with Crippen molar-refractivity contribution < 1.29 is 22.7 Å². The lowest BCUT2D eigenvalue weighted by molar-refractivity contribution is -0.139. The Morgan fingerprint density at radius 3 is 2.29 bits per heavy atom. The Hall–Kier alpha value is -3.43. The van der Waals surface area contributed by atoms with Crippen LogP contribution in [0.15, 0.2) is 59.0 Å². The maximum Gasteiger partial charge on any atom is 0.434 e. The molecule has 2 aromatic carbocycles. The molecule has 0 bridgehead atoms. The summed E-state index contributed by atoms with van der Waals surface area (Å²) in [4.78, 5) is 7.91. The molecule has 0 aliphatic heterocycles. The number of hydrogen-bond acceptors (Lipinski definition) is 6. The van der Waals surface area contributed by atoms with Crippen LogP contribution < -0.4 is 11.1 Å². The molecule has 2 aromatic heterocycles. The van der Waals surface area contributed by atoms with Gasteiger partial charge in [0.1, 0.15) is 5.76 Å². The van der Waals surface area contributed by atoms with E-state index in [-0.39, 0.29) is 47.1 Å². The molecule has 0 radical (unpaired) electrons. The van der Waals surface area contributed by atoms with Crippen LogP contribution in [0.2, 0.25) is 0 Å². The topological polar surface area (TPSA) is 97.2 Å². The second-order valence-electron chi connectivity index (χ2n) is 8.48. The molecule has 0 spiro atoms. The number of hydrogen-bond donors (Lipinski definition) is 3. The van der Waals surface area contributed by atoms with Crippen molar-refractivity contribution in [3.05, 3.63) is 65.9 Å². The van der Waals surface area contributed by atoms with Gasteiger partial charge in [0, 0.05) is 23.2 Å². The SMILES string of the molecule is NC1(c2ccc(-c3oc4nc(NCCO)nc(C(F)(F)F)c4c3-c3ccccc3)cc2)CCC1. The fourth-order valence-electron chi connectivity index (χ4n) is 4.34. The van der Waals surface area contributed by atoms with Crippen molar-refractivity contribution in [3.8, 4) is 22.5 Å². The number of nitrogens with one attached hydrogen (secondary N) is 1. The average molecular weight is 468 g/mol. The van der Waals surface area contributed by atoms with E-state index in [4.69, 9.17) is 15.3 Å². The number of aromatic nitrogens is 2. The highest BCUT2D eigenvalue weighted by atomic mass is 19.4. The van der Waals surface area contributed by atoms with Crippen LogP contribution in [-0.4, -0.2) is 28.2 Å². The molecule has 34 heavy (non-hydrogen) atoms. The number of benzene rings is 2. The standard InChI is InChI=1S/C25H23F3N4O2/c26-25(27,28)21-19-18(15-5-2-1-3-6-15)20(34-22(19)32-23(31-21)30-13-14-33)16-7-9-17(10-8-16)24(29)11-4-12-24/h1-3,5-10,33H,4,11-14,29H2,(H,30,31,32). The van der Waals surface area contributed by atoms with Crippen molar-refractivity contribution in [1.29, 1.82) is 0 Å². The molecule has 1 aliphatic rings. The number of furan rings is 1. The summed E-state index contributed by atoms with van der Waals surface area (Å²) in [6, 6.07) is 16.2. The summed E-state index contributed by atoms with van der Waals surface area (Å²) >= 11 is 0. The van der Waals surface area contributed by atoms with Gasteiger partial charge in [-0.05, 0) is 30.4 Å². The quantitative estimate of drug-likeness (QED) is 0.355. The third-order valence-electron chi connectivity index (χ3n) is 6.25. The first-order chi connectivity index (χ1) is 16.3. The molecule has 4 N–H and O–H groups in total. The number of nitrogens with two attached hydrogens (primary N) is 1. The molecule has 6 nitrogen and oxygen atoms in total. The number of halogens is 3. The zero-order chi connectivity index (χ0) is 23.9. The number of rotatable bonds is 6. The minimum absolute atomic E-state index is 0.00418. The lowest BCUT2D eigenvalue weighted by atomic mass is 9.72. The van der Waals surface area contributed by atoms with E-state index in [1.54, 1.807) is 30.3 Å². The van der Waals surface area contributed by atoms with E-state index in [0.717, 1.165) is 24.8 Å². The maximum absolute atomic E-state index is 14.1. The Morgan fingerprint density at radius 2 is 1.71 bits per heavy atom. The maximum atomic E-state index is 14.1. The van der Waals surface area contributed by atoms with Gasteiger partial charge in [0.05, 0.1) is 12.0 Å². The summed E-state index contributed by atoms with van der Waals surface area (Å²) in [5.41, 5.74) is 7.23. The van der Waals surface area contributed by atoms with Gasteiger partial charge in [0.25, 0.3) is 0 Å². The monoisotopic (exact) mass is 468 g/mol. The van der Waals surface area contributed by atoms with Crippen molar-refractivity contribution >= 4 is 17.0 Å². The van der Waals surface area contributed by atoms with E-state index in [2.05, 4.69) is 15.3 Å². The molecule has 4 aromatic rings. The molecule has 176 valence electrons. The van der Waals surface area contributed by atoms with Crippen molar-refractivity contribution in [1.82, 2.24) is 9.97 Å². The first kappa shape index (κ1) is 22.4. The number of nitrogens with zero attached hydrogens (tertiary/aromatic N) is 2. The Labute approximate surface area is 193 Å². The molecular weight excluding hydrogens is 445 g/mol. The lowest BCUT2D eigenvalue weighted by Crippen LogP contribution is -2.43. The molecule has 9 heteroatoms. The predicted molar refractivity (Wildman–Crippen MR) is 123 cm³/mol. The molecule has 0 amide bonds. The van der Waals surface area contributed by atoms with E-state index in [9.17, 15) is 13.2 Å². The summed E-state index contributed by atoms with van der Waals surface area (Å²) < 4.78 is 48.4. The molecular formula is C25H23F3N4O2. The lowest BCUT2D eigenvalue weighted by Gasteiger charge is -2.38. The van der Waals surface area contributed by atoms with Gasteiger partial charge in [-0.1, -0.05) is 54.6 Å². The highest BCUT2D eigenvalue weighted by Gasteiger charge is 2.39.